The Kier molecular flexibility index (Phi) is 7.14. The number of aliphatic carboxylic acids is 1. The molecule has 4 rings (SSSR count). The maximum absolute atomic E-state index is 11.8. The fourth-order valence-electron chi connectivity index (χ4n) is 3.07. The smallest absolute Gasteiger partial charge is 0.475 e. The molecule has 3 heterocycles. The topological polar surface area (TPSA) is 87.5 Å². The van der Waals surface area contributed by atoms with Gasteiger partial charge in [0.05, 0.1) is 18.8 Å². The fraction of sp³-hybridized carbons (Fsp3) is 0.526. The maximum atomic E-state index is 11.8. The Morgan fingerprint density at radius 3 is 2.63 bits per heavy atom. The number of imidazole rings is 1. The summed E-state index contributed by atoms with van der Waals surface area (Å²) in [5, 5.41) is 14.5. The number of carbonyl (C=O) groups is 2. The van der Waals surface area contributed by atoms with E-state index in [-0.39, 0.29) is 5.91 Å². The molecule has 0 atom stereocenters. The van der Waals surface area contributed by atoms with E-state index in [9.17, 15) is 18.0 Å². The zero-order valence-electron chi connectivity index (χ0n) is 16.2. The number of aromatic nitrogens is 2. The predicted octanol–water partition coefficient (Wildman–Crippen LogP) is 3.01. The van der Waals surface area contributed by atoms with E-state index in [0.717, 1.165) is 37.7 Å². The number of thiophene rings is 1. The van der Waals surface area contributed by atoms with E-state index < -0.39 is 12.1 Å². The van der Waals surface area contributed by atoms with Gasteiger partial charge in [-0.05, 0) is 41.1 Å². The number of hydrogen-bond acceptors (Lipinski definition) is 5. The number of rotatable bonds is 6. The first-order chi connectivity index (χ1) is 14.2. The highest BCUT2D eigenvalue weighted by Crippen LogP contribution is 2.32. The van der Waals surface area contributed by atoms with Crippen molar-refractivity contribution in [2.45, 2.75) is 51.6 Å². The van der Waals surface area contributed by atoms with Crippen LogP contribution in [0.4, 0.5) is 13.2 Å². The molecule has 2 N–H and O–H groups in total. The van der Waals surface area contributed by atoms with Gasteiger partial charge in [-0.3, -0.25) is 9.69 Å². The summed E-state index contributed by atoms with van der Waals surface area (Å²) >= 11 is 1.75. The van der Waals surface area contributed by atoms with E-state index in [1.54, 1.807) is 11.3 Å². The SMILES string of the molecule is O=C(CC1CC1)NCc1cn2c(n1)CN(Cc1ccsc1)CC2.O=C(O)C(F)(F)F. The molecule has 2 aromatic rings. The standard InChI is InChI=1S/C17H22N4OS.C2HF3O2/c22-17(7-13-1-2-13)18-8-15-10-21-5-4-20(11-16(21)19-15)9-14-3-6-23-12-14;3-2(4,5)1(6)7/h3,6,10,12-13H,1-2,4-5,7-9,11H2,(H,18,22);(H,6,7). The van der Waals surface area contributed by atoms with Crippen LogP contribution in [0.1, 0.15) is 36.3 Å². The molecule has 0 aromatic carbocycles. The van der Waals surface area contributed by atoms with E-state index in [0.29, 0.717) is 18.9 Å². The second-order valence-electron chi connectivity index (χ2n) is 7.41. The number of carboxylic acid groups (broad SMARTS) is 1. The number of nitrogens with zero attached hydrogens (tertiary/aromatic N) is 3. The minimum absolute atomic E-state index is 0.164. The Hall–Kier alpha value is -2.40. The quantitative estimate of drug-likeness (QED) is 0.715. The monoisotopic (exact) mass is 444 g/mol. The highest BCUT2D eigenvalue weighted by atomic mass is 32.1. The van der Waals surface area contributed by atoms with Crippen LogP contribution in [0.15, 0.2) is 23.0 Å². The maximum Gasteiger partial charge on any atom is 0.490 e. The summed E-state index contributed by atoms with van der Waals surface area (Å²) in [4.78, 5) is 27.8. The number of amides is 1. The van der Waals surface area contributed by atoms with Crippen LogP contribution in [-0.2, 0) is 35.8 Å². The van der Waals surface area contributed by atoms with E-state index >= 15 is 0 Å². The van der Waals surface area contributed by atoms with Gasteiger partial charge in [0.2, 0.25) is 5.91 Å². The summed E-state index contributed by atoms with van der Waals surface area (Å²) in [6, 6.07) is 2.19. The second-order valence-corrected chi connectivity index (χ2v) is 8.19. The average Bonchev–Trinajstić information content (AvgIpc) is 3.16. The van der Waals surface area contributed by atoms with Gasteiger partial charge in [0.15, 0.2) is 0 Å². The molecule has 0 saturated heterocycles. The van der Waals surface area contributed by atoms with E-state index in [2.05, 4.69) is 37.8 Å². The van der Waals surface area contributed by atoms with Crippen LogP contribution < -0.4 is 5.32 Å². The highest BCUT2D eigenvalue weighted by Gasteiger charge is 2.38. The van der Waals surface area contributed by atoms with Crippen LogP contribution in [0.3, 0.4) is 0 Å². The Bertz CT molecular complexity index is 863. The first kappa shape index (κ1) is 22.3. The van der Waals surface area contributed by atoms with Gasteiger partial charge in [-0.25, -0.2) is 9.78 Å². The lowest BCUT2D eigenvalue weighted by Gasteiger charge is -2.27. The zero-order valence-corrected chi connectivity index (χ0v) is 17.0. The molecule has 11 heteroatoms. The minimum Gasteiger partial charge on any atom is -0.475 e. The van der Waals surface area contributed by atoms with Crippen LogP contribution in [-0.4, -0.2) is 44.2 Å². The average molecular weight is 444 g/mol. The third kappa shape index (κ3) is 6.84. The van der Waals surface area contributed by atoms with Crippen LogP contribution in [0.5, 0.6) is 0 Å². The first-order valence-electron chi connectivity index (χ1n) is 9.56. The number of carboxylic acids is 1. The lowest BCUT2D eigenvalue weighted by molar-refractivity contribution is -0.192. The summed E-state index contributed by atoms with van der Waals surface area (Å²) in [5.41, 5.74) is 2.35. The molecule has 1 aliphatic carbocycles. The highest BCUT2D eigenvalue weighted by molar-refractivity contribution is 7.07. The molecule has 0 spiro atoms. The minimum atomic E-state index is -5.08. The molecule has 1 saturated carbocycles. The van der Waals surface area contributed by atoms with Crippen LogP contribution in [0.2, 0.25) is 0 Å². The summed E-state index contributed by atoms with van der Waals surface area (Å²) in [6.07, 6.45) is 0.120. The molecule has 0 bridgehead atoms. The van der Waals surface area contributed by atoms with Crippen LogP contribution in [0.25, 0.3) is 0 Å². The summed E-state index contributed by atoms with van der Waals surface area (Å²) in [7, 11) is 0. The Morgan fingerprint density at radius 2 is 2.03 bits per heavy atom. The molecule has 2 aliphatic rings. The van der Waals surface area contributed by atoms with Crippen molar-refractivity contribution in [3.63, 3.8) is 0 Å². The summed E-state index contributed by atoms with van der Waals surface area (Å²) < 4.78 is 34.0. The third-order valence-electron chi connectivity index (χ3n) is 4.80. The summed E-state index contributed by atoms with van der Waals surface area (Å²) in [5.74, 6) is -0.848. The van der Waals surface area contributed by atoms with E-state index in [1.165, 1.54) is 18.4 Å². The van der Waals surface area contributed by atoms with E-state index in [4.69, 9.17) is 14.9 Å². The van der Waals surface area contributed by atoms with Gasteiger partial charge >= 0.3 is 12.1 Å². The molecule has 30 heavy (non-hydrogen) atoms. The zero-order chi connectivity index (χ0) is 21.7. The third-order valence-corrected chi connectivity index (χ3v) is 5.53. The van der Waals surface area contributed by atoms with Gasteiger partial charge in [0.1, 0.15) is 5.82 Å². The van der Waals surface area contributed by atoms with Crippen molar-refractivity contribution < 1.29 is 27.9 Å². The predicted molar refractivity (Wildman–Crippen MR) is 104 cm³/mol. The van der Waals surface area contributed by atoms with Crippen molar-refractivity contribution in [2.75, 3.05) is 6.54 Å². The number of carbonyl (C=O) groups excluding carboxylic acids is 1. The fourth-order valence-corrected chi connectivity index (χ4v) is 3.73. The molecule has 1 amide bonds. The van der Waals surface area contributed by atoms with Crippen molar-refractivity contribution in [2.24, 2.45) is 5.92 Å². The molecule has 2 aromatic heterocycles. The van der Waals surface area contributed by atoms with E-state index in [1.807, 2.05) is 0 Å². The number of halogens is 3. The first-order valence-corrected chi connectivity index (χ1v) is 10.5. The van der Waals surface area contributed by atoms with Gasteiger partial charge in [-0.15, -0.1) is 0 Å². The second kappa shape index (κ2) is 9.61. The number of nitrogens with one attached hydrogen (secondary N) is 1. The lowest BCUT2D eigenvalue weighted by Crippen LogP contribution is -2.33. The normalized spacial score (nSPS) is 16.4. The molecule has 164 valence electrons. The van der Waals surface area contributed by atoms with Gasteiger partial charge in [-0.2, -0.15) is 24.5 Å². The summed E-state index contributed by atoms with van der Waals surface area (Å²) in [6.45, 7) is 4.45. The van der Waals surface area contributed by atoms with Crippen molar-refractivity contribution in [3.8, 4) is 0 Å². The Labute approximate surface area is 175 Å². The molecule has 0 radical (unpaired) electrons. The van der Waals surface area contributed by atoms with Crippen molar-refractivity contribution >= 4 is 23.2 Å². The molecule has 0 unspecified atom stereocenters. The largest absolute Gasteiger partial charge is 0.490 e. The van der Waals surface area contributed by atoms with Crippen molar-refractivity contribution in [1.29, 1.82) is 0 Å². The Balaban J connectivity index is 0.000000318. The molecular formula is C19H23F3N4O3S. The van der Waals surface area contributed by atoms with Gasteiger partial charge < -0.3 is 15.0 Å². The van der Waals surface area contributed by atoms with Crippen LogP contribution >= 0.6 is 11.3 Å². The molecule has 1 fully saturated rings. The van der Waals surface area contributed by atoms with Gasteiger partial charge in [0, 0.05) is 32.3 Å². The van der Waals surface area contributed by atoms with Crippen LogP contribution in [0, 0.1) is 5.92 Å². The van der Waals surface area contributed by atoms with Crippen molar-refractivity contribution in [3.05, 3.63) is 40.1 Å². The van der Waals surface area contributed by atoms with Gasteiger partial charge in [0.25, 0.3) is 0 Å². The number of alkyl halides is 3. The molecular weight excluding hydrogens is 421 g/mol. The number of fused-ring (bicyclic) bond motifs is 1. The lowest BCUT2D eigenvalue weighted by atomic mass is 10.3. The molecule has 1 aliphatic heterocycles. The molecule has 7 nitrogen and oxygen atoms in total. The van der Waals surface area contributed by atoms with Gasteiger partial charge in [-0.1, -0.05) is 0 Å². The van der Waals surface area contributed by atoms with Crippen molar-refractivity contribution in [1.82, 2.24) is 19.8 Å². The number of hydrogen-bond donors (Lipinski definition) is 2. The Morgan fingerprint density at radius 1 is 1.30 bits per heavy atom.